The molecule has 1 aliphatic rings. The van der Waals surface area contributed by atoms with Gasteiger partial charge in [0.05, 0.1) is 0 Å². The van der Waals surface area contributed by atoms with E-state index in [0.717, 1.165) is 6.54 Å². The van der Waals surface area contributed by atoms with Gasteiger partial charge in [0.1, 0.15) is 0 Å². The zero-order valence-electron chi connectivity index (χ0n) is 4.28. The first kappa shape index (κ1) is 4.81. The molecule has 1 aliphatic heterocycles. The van der Waals surface area contributed by atoms with Crippen LogP contribution in [0.3, 0.4) is 0 Å². The molecule has 2 heteroatoms. The van der Waals surface area contributed by atoms with Gasteiger partial charge < -0.3 is 11.1 Å². The van der Waals surface area contributed by atoms with Crippen molar-refractivity contribution in [1.29, 1.82) is 0 Å². The van der Waals surface area contributed by atoms with Gasteiger partial charge in [-0.1, -0.05) is 6.58 Å². The number of hydrogen-bond acceptors (Lipinski definition) is 2. The second kappa shape index (κ2) is 1.64. The molecule has 7 heavy (non-hydrogen) atoms. The standard InChI is InChI=1S/C5H10N2/c1-4-3-7-5(4)2-6/h5,7H,1-3,6H2. The Labute approximate surface area is 43.4 Å². The van der Waals surface area contributed by atoms with E-state index in [1.807, 2.05) is 0 Å². The van der Waals surface area contributed by atoms with Gasteiger partial charge in [0.15, 0.2) is 0 Å². The zero-order valence-corrected chi connectivity index (χ0v) is 4.28. The molecule has 1 heterocycles. The van der Waals surface area contributed by atoms with Crippen molar-refractivity contribution in [2.24, 2.45) is 5.73 Å². The predicted molar refractivity (Wildman–Crippen MR) is 30.0 cm³/mol. The number of nitrogens with one attached hydrogen (secondary N) is 1. The van der Waals surface area contributed by atoms with E-state index < -0.39 is 0 Å². The van der Waals surface area contributed by atoms with E-state index in [2.05, 4.69) is 11.9 Å². The molecule has 0 amide bonds. The topological polar surface area (TPSA) is 38.0 Å². The lowest BCUT2D eigenvalue weighted by Gasteiger charge is -2.29. The van der Waals surface area contributed by atoms with Crippen LogP contribution < -0.4 is 11.1 Å². The van der Waals surface area contributed by atoms with Gasteiger partial charge in [-0.15, -0.1) is 0 Å². The summed E-state index contributed by atoms with van der Waals surface area (Å²) >= 11 is 0. The third-order valence-corrected chi connectivity index (χ3v) is 1.30. The predicted octanol–water partition coefficient (Wildman–Crippen LogP) is -0.527. The highest BCUT2D eigenvalue weighted by atomic mass is 15.0. The van der Waals surface area contributed by atoms with Gasteiger partial charge in [-0.2, -0.15) is 0 Å². The lowest BCUT2D eigenvalue weighted by atomic mass is 10.0. The Morgan fingerprint density at radius 3 is 2.71 bits per heavy atom. The summed E-state index contributed by atoms with van der Waals surface area (Å²) in [7, 11) is 0. The lowest BCUT2D eigenvalue weighted by Crippen LogP contribution is -2.49. The minimum absolute atomic E-state index is 0.417. The smallest absolute Gasteiger partial charge is 0.0415 e. The summed E-state index contributed by atoms with van der Waals surface area (Å²) in [6.45, 7) is 5.42. The van der Waals surface area contributed by atoms with Crippen molar-refractivity contribution in [2.75, 3.05) is 13.1 Å². The third kappa shape index (κ3) is 0.667. The quantitative estimate of drug-likeness (QED) is 0.433. The van der Waals surface area contributed by atoms with Crippen molar-refractivity contribution in [2.45, 2.75) is 6.04 Å². The zero-order chi connectivity index (χ0) is 5.28. The summed E-state index contributed by atoms with van der Waals surface area (Å²) in [5.74, 6) is 0. The molecule has 0 aromatic carbocycles. The SMILES string of the molecule is C=C1CNC1CN. The second-order valence-corrected chi connectivity index (χ2v) is 1.83. The molecule has 1 atom stereocenters. The van der Waals surface area contributed by atoms with Gasteiger partial charge in [0.25, 0.3) is 0 Å². The highest BCUT2D eigenvalue weighted by Crippen LogP contribution is 2.05. The van der Waals surface area contributed by atoms with Crippen LogP contribution in [0.15, 0.2) is 12.2 Å². The van der Waals surface area contributed by atoms with E-state index in [1.54, 1.807) is 0 Å². The highest BCUT2D eigenvalue weighted by Gasteiger charge is 2.17. The second-order valence-electron chi connectivity index (χ2n) is 1.83. The van der Waals surface area contributed by atoms with Gasteiger partial charge in [-0.05, 0) is 5.57 Å². The van der Waals surface area contributed by atoms with Crippen molar-refractivity contribution >= 4 is 0 Å². The normalized spacial score (nSPS) is 29.9. The third-order valence-electron chi connectivity index (χ3n) is 1.30. The molecule has 2 nitrogen and oxygen atoms in total. The molecule has 1 unspecified atom stereocenters. The van der Waals surface area contributed by atoms with Crippen LogP contribution in [0.4, 0.5) is 0 Å². The number of hydrogen-bond donors (Lipinski definition) is 2. The molecular weight excluding hydrogens is 88.1 g/mol. The Balaban J connectivity index is 2.29. The first-order valence-electron chi connectivity index (χ1n) is 2.45. The summed E-state index contributed by atoms with van der Waals surface area (Å²) in [4.78, 5) is 0. The molecular formula is C5H10N2. The van der Waals surface area contributed by atoms with Gasteiger partial charge in [0.2, 0.25) is 0 Å². The molecule has 0 spiro atoms. The molecule has 0 bridgehead atoms. The molecule has 3 N–H and O–H groups in total. The van der Waals surface area contributed by atoms with Crippen LogP contribution in [0.25, 0.3) is 0 Å². The number of rotatable bonds is 1. The van der Waals surface area contributed by atoms with Crippen LogP contribution >= 0.6 is 0 Å². The Bertz CT molecular complexity index is 86.1. The molecule has 40 valence electrons. The molecule has 1 saturated heterocycles. The van der Waals surface area contributed by atoms with Gasteiger partial charge >= 0.3 is 0 Å². The molecule has 0 aromatic heterocycles. The summed E-state index contributed by atoms with van der Waals surface area (Å²) < 4.78 is 0. The van der Waals surface area contributed by atoms with E-state index in [0.29, 0.717) is 12.6 Å². The van der Waals surface area contributed by atoms with Crippen molar-refractivity contribution in [3.8, 4) is 0 Å². The molecule has 1 fully saturated rings. The van der Waals surface area contributed by atoms with E-state index in [9.17, 15) is 0 Å². The molecule has 1 rings (SSSR count). The number of nitrogens with two attached hydrogens (primary N) is 1. The monoisotopic (exact) mass is 98.1 g/mol. The van der Waals surface area contributed by atoms with Crippen LogP contribution in [-0.2, 0) is 0 Å². The van der Waals surface area contributed by atoms with E-state index >= 15 is 0 Å². The minimum Gasteiger partial charge on any atom is -0.329 e. The molecule has 0 saturated carbocycles. The first-order chi connectivity index (χ1) is 3.34. The van der Waals surface area contributed by atoms with Gasteiger partial charge in [0, 0.05) is 19.1 Å². The first-order valence-corrected chi connectivity index (χ1v) is 2.45. The van der Waals surface area contributed by atoms with Gasteiger partial charge in [-0.25, -0.2) is 0 Å². The van der Waals surface area contributed by atoms with Crippen molar-refractivity contribution in [1.82, 2.24) is 5.32 Å². The maximum absolute atomic E-state index is 5.30. The largest absolute Gasteiger partial charge is 0.329 e. The molecule has 0 radical (unpaired) electrons. The lowest BCUT2D eigenvalue weighted by molar-refractivity contribution is 0.501. The van der Waals surface area contributed by atoms with Crippen molar-refractivity contribution in [3.63, 3.8) is 0 Å². The fourth-order valence-corrected chi connectivity index (χ4v) is 0.641. The molecule has 0 aromatic rings. The maximum Gasteiger partial charge on any atom is 0.0415 e. The van der Waals surface area contributed by atoms with Crippen LogP contribution in [0, 0.1) is 0 Å². The molecule has 0 aliphatic carbocycles. The fraction of sp³-hybridized carbons (Fsp3) is 0.600. The average Bonchev–Trinajstić information content (AvgIpc) is 1.65. The van der Waals surface area contributed by atoms with Crippen LogP contribution in [0.5, 0.6) is 0 Å². The van der Waals surface area contributed by atoms with Gasteiger partial charge in [-0.3, -0.25) is 0 Å². The van der Waals surface area contributed by atoms with E-state index in [1.165, 1.54) is 5.57 Å². The Morgan fingerprint density at radius 1 is 2.00 bits per heavy atom. The van der Waals surface area contributed by atoms with Crippen molar-refractivity contribution in [3.05, 3.63) is 12.2 Å². The average molecular weight is 98.1 g/mol. The summed E-state index contributed by atoms with van der Waals surface area (Å²) in [6.07, 6.45) is 0. The van der Waals surface area contributed by atoms with Crippen molar-refractivity contribution < 1.29 is 0 Å². The Kier molecular flexibility index (Phi) is 1.13. The highest BCUT2D eigenvalue weighted by molar-refractivity contribution is 5.17. The van der Waals surface area contributed by atoms with E-state index in [-0.39, 0.29) is 0 Å². The van der Waals surface area contributed by atoms with E-state index in [4.69, 9.17) is 5.73 Å². The van der Waals surface area contributed by atoms with Crippen LogP contribution in [0.1, 0.15) is 0 Å². The summed E-state index contributed by atoms with van der Waals surface area (Å²) in [5, 5.41) is 3.12. The Morgan fingerprint density at radius 2 is 2.71 bits per heavy atom. The maximum atomic E-state index is 5.30. The van der Waals surface area contributed by atoms with Crippen LogP contribution in [-0.4, -0.2) is 19.1 Å². The Hall–Kier alpha value is -0.340. The fourth-order valence-electron chi connectivity index (χ4n) is 0.641. The van der Waals surface area contributed by atoms with Crippen LogP contribution in [0.2, 0.25) is 0 Å². The minimum atomic E-state index is 0.417. The summed E-state index contributed by atoms with van der Waals surface area (Å²) in [6, 6.07) is 0.417. The summed E-state index contributed by atoms with van der Waals surface area (Å²) in [5.41, 5.74) is 6.54.